The molecule has 2 aromatic carbocycles. The second-order valence-electron chi connectivity index (χ2n) is 8.10. The summed E-state index contributed by atoms with van der Waals surface area (Å²) in [4.78, 5) is 17.2. The van der Waals surface area contributed by atoms with E-state index in [9.17, 15) is 18.0 Å². The molecule has 0 saturated carbocycles. The predicted molar refractivity (Wildman–Crippen MR) is 123 cm³/mol. The van der Waals surface area contributed by atoms with Crippen LogP contribution in [0.1, 0.15) is 38.3 Å². The second kappa shape index (κ2) is 10.4. The van der Waals surface area contributed by atoms with Gasteiger partial charge in [-0.2, -0.15) is 0 Å². The van der Waals surface area contributed by atoms with Crippen molar-refractivity contribution in [3.8, 4) is 11.1 Å². The Kier molecular flexibility index (Phi) is 7.67. The van der Waals surface area contributed by atoms with E-state index in [1.54, 1.807) is 12.4 Å². The molecule has 1 atom stereocenters. The zero-order valence-electron chi connectivity index (χ0n) is 18.5. The molecule has 0 saturated heterocycles. The highest BCUT2D eigenvalue weighted by Crippen LogP contribution is 2.29. The van der Waals surface area contributed by atoms with Crippen molar-refractivity contribution in [3.63, 3.8) is 0 Å². The molecule has 0 fully saturated rings. The molecule has 1 heterocycles. The molecule has 2 aromatic rings. The first kappa shape index (κ1) is 23.5. The third kappa shape index (κ3) is 5.36. The van der Waals surface area contributed by atoms with E-state index in [2.05, 4.69) is 10.3 Å². The number of aryl methyl sites for hydroxylation is 1. The molecule has 0 aliphatic carbocycles. The van der Waals surface area contributed by atoms with E-state index in [0.29, 0.717) is 30.6 Å². The summed E-state index contributed by atoms with van der Waals surface area (Å²) in [7, 11) is 0. The smallest absolute Gasteiger partial charge is 0.194 e. The van der Waals surface area contributed by atoms with Crippen molar-refractivity contribution in [2.24, 2.45) is 16.8 Å². The molecule has 32 heavy (non-hydrogen) atoms. The van der Waals surface area contributed by atoms with E-state index in [1.165, 1.54) is 0 Å². The van der Waals surface area contributed by atoms with Crippen LogP contribution in [0.5, 0.6) is 0 Å². The molecule has 1 N–H and O–H groups in total. The molecule has 0 bridgehead atoms. The maximum absolute atomic E-state index is 13.8. The lowest BCUT2D eigenvalue weighted by Gasteiger charge is -2.17. The third-order valence-corrected chi connectivity index (χ3v) is 5.51. The quantitative estimate of drug-likeness (QED) is 0.529. The summed E-state index contributed by atoms with van der Waals surface area (Å²) in [5.41, 5.74) is 3.11. The van der Waals surface area contributed by atoms with Crippen molar-refractivity contribution in [1.29, 1.82) is 0 Å². The lowest BCUT2D eigenvalue weighted by molar-refractivity contribution is -0.119. The number of aliphatic imine (C=N–C) groups is 1. The van der Waals surface area contributed by atoms with Crippen LogP contribution in [0, 0.1) is 29.3 Å². The van der Waals surface area contributed by atoms with Gasteiger partial charge in [0.2, 0.25) is 0 Å². The number of nitrogens with zero attached hydrogens (tertiary/aromatic N) is 1. The molecular weight excluding hydrogens is 413 g/mol. The van der Waals surface area contributed by atoms with Crippen molar-refractivity contribution >= 4 is 18.2 Å². The number of carbonyl (C=O) groups is 1. The van der Waals surface area contributed by atoms with Gasteiger partial charge in [-0.1, -0.05) is 51.1 Å². The molecule has 0 amide bonds. The maximum Gasteiger partial charge on any atom is 0.194 e. The van der Waals surface area contributed by atoms with Crippen molar-refractivity contribution < 1.29 is 18.0 Å². The van der Waals surface area contributed by atoms with Crippen LogP contribution in [0.25, 0.3) is 17.2 Å². The molecule has 1 aliphatic rings. The summed E-state index contributed by atoms with van der Waals surface area (Å²) in [6.45, 7) is 6.54. The molecule has 3 rings (SSSR count). The number of allylic oxidation sites excluding steroid dienone is 2. The zero-order valence-corrected chi connectivity index (χ0v) is 18.5. The van der Waals surface area contributed by atoms with Crippen LogP contribution in [0.4, 0.5) is 13.2 Å². The van der Waals surface area contributed by atoms with Gasteiger partial charge in [0, 0.05) is 12.5 Å². The normalized spacial score (nSPS) is 14.9. The summed E-state index contributed by atoms with van der Waals surface area (Å²) in [6.07, 6.45) is 8.46. The second-order valence-corrected chi connectivity index (χ2v) is 8.10. The summed E-state index contributed by atoms with van der Waals surface area (Å²) >= 11 is 0. The topological polar surface area (TPSA) is 41.5 Å². The number of hydrogen-bond donors (Lipinski definition) is 1. The molecule has 168 valence electrons. The van der Waals surface area contributed by atoms with Gasteiger partial charge in [-0.25, -0.2) is 13.2 Å². The standard InChI is InChI=1S/C26H27F3N2O/c1-4-18-9-7-17(12-21(18)19-13-22(27)25(29)23(28)14-19)8-10-20(16(2)3)26(32)24-6-5-11-30-15-31-24/h6-10,12-16,20H,4-5,11H2,1-3H3,(H,30,31)/b10-8-. The SMILES string of the molecule is CCc1ccc(/C=C\C(C(=O)C2=CCCN=CN2)C(C)C)cc1-c1cc(F)c(F)c(F)c1. The number of hydrogen-bond acceptors (Lipinski definition) is 3. The van der Waals surface area contributed by atoms with E-state index in [1.807, 2.05) is 51.1 Å². The van der Waals surface area contributed by atoms with Gasteiger partial charge in [-0.15, -0.1) is 0 Å². The van der Waals surface area contributed by atoms with Gasteiger partial charge >= 0.3 is 0 Å². The van der Waals surface area contributed by atoms with Gasteiger partial charge in [-0.3, -0.25) is 9.79 Å². The fourth-order valence-corrected chi connectivity index (χ4v) is 3.69. The Hall–Kier alpha value is -3.15. The molecule has 0 spiro atoms. The number of nitrogens with one attached hydrogen (secondary N) is 1. The fraction of sp³-hybridized carbons (Fsp3) is 0.308. The highest BCUT2D eigenvalue weighted by Gasteiger charge is 2.23. The molecular formula is C26H27F3N2O. The minimum Gasteiger partial charge on any atom is -0.344 e. The van der Waals surface area contributed by atoms with Gasteiger partial charge in [0.1, 0.15) is 0 Å². The van der Waals surface area contributed by atoms with E-state index in [-0.39, 0.29) is 23.2 Å². The third-order valence-electron chi connectivity index (χ3n) is 5.51. The van der Waals surface area contributed by atoms with Crippen molar-refractivity contribution in [2.45, 2.75) is 33.6 Å². The number of halogens is 3. The molecule has 1 aliphatic heterocycles. The van der Waals surface area contributed by atoms with Crippen LogP contribution in [0.3, 0.4) is 0 Å². The van der Waals surface area contributed by atoms with Crippen LogP contribution in [-0.2, 0) is 11.2 Å². The van der Waals surface area contributed by atoms with Crippen LogP contribution < -0.4 is 5.32 Å². The maximum atomic E-state index is 13.8. The average molecular weight is 441 g/mol. The highest BCUT2D eigenvalue weighted by molar-refractivity contribution is 6.00. The van der Waals surface area contributed by atoms with Gasteiger partial charge in [0.05, 0.1) is 12.0 Å². The Bertz CT molecular complexity index is 1060. The van der Waals surface area contributed by atoms with Gasteiger partial charge in [0.15, 0.2) is 23.2 Å². The lowest BCUT2D eigenvalue weighted by atomic mass is 9.88. The molecule has 1 unspecified atom stereocenters. The number of benzene rings is 2. The molecule has 0 radical (unpaired) electrons. The van der Waals surface area contributed by atoms with Crippen LogP contribution in [0.2, 0.25) is 0 Å². The number of rotatable bonds is 7. The largest absolute Gasteiger partial charge is 0.344 e. The van der Waals surface area contributed by atoms with Gasteiger partial charge < -0.3 is 5.32 Å². The van der Waals surface area contributed by atoms with Gasteiger partial charge in [-0.05, 0) is 59.2 Å². The molecule has 0 aromatic heterocycles. The molecule has 3 nitrogen and oxygen atoms in total. The molecule has 6 heteroatoms. The number of Topliss-reactive ketones (excluding diaryl/α,β-unsaturated/α-hetero) is 1. The summed E-state index contributed by atoms with van der Waals surface area (Å²) in [5, 5.41) is 2.96. The van der Waals surface area contributed by atoms with E-state index >= 15 is 0 Å². The Morgan fingerprint density at radius 3 is 2.53 bits per heavy atom. The Labute approximate surface area is 186 Å². The Balaban J connectivity index is 1.93. The minimum atomic E-state index is -1.48. The van der Waals surface area contributed by atoms with Crippen molar-refractivity contribution in [1.82, 2.24) is 5.32 Å². The monoisotopic (exact) mass is 440 g/mol. The number of carbonyl (C=O) groups excluding carboxylic acids is 1. The van der Waals surface area contributed by atoms with Gasteiger partial charge in [0.25, 0.3) is 0 Å². The van der Waals surface area contributed by atoms with E-state index < -0.39 is 17.5 Å². The fourth-order valence-electron chi connectivity index (χ4n) is 3.69. The minimum absolute atomic E-state index is 0.0160. The van der Waals surface area contributed by atoms with Crippen molar-refractivity contribution in [3.05, 3.63) is 76.8 Å². The first-order valence-corrected chi connectivity index (χ1v) is 10.8. The summed E-state index contributed by atoms with van der Waals surface area (Å²) in [5.74, 6) is -4.22. The average Bonchev–Trinajstić information content (AvgIpc) is 3.06. The van der Waals surface area contributed by atoms with E-state index in [0.717, 1.165) is 23.3 Å². The Morgan fingerprint density at radius 1 is 1.16 bits per heavy atom. The number of ketones is 1. The van der Waals surface area contributed by atoms with Crippen LogP contribution in [-0.4, -0.2) is 18.7 Å². The van der Waals surface area contributed by atoms with Crippen LogP contribution >= 0.6 is 0 Å². The summed E-state index contributed by atoms with van der Waals surface area (Å²) in [6, 6.07) is 7.59. The van der Waals surface area contributed by atoms with Crippen molar-refractivity contribution in [2.75, 3.05) is 6.54 Å². The Morgan fingerprint density at radius 2 is 1.88 bits per heavy atom. The zero-order chi connectivity index (χ0) is 23.3. The summed E-state index contributed by atoms with van der Waals surface area (Å²) < 4.78 is 41.0. The first-order chi connectivity index (χ1) is 15.3. The predicted octanol–water partition coefficient (Wildman–Crippen LogP) is 6.09. The highest BCUT2D eigenvalue weighted by atomic mass is 19.2. The van der Waals surface area contributed by atoms with E-state index in [4.69, 9.17) is 0 Å². The first-order valence-electron chi connectivity index (χ1n) is 10.8. The lowest BCUT2D eigenvalue weighted by Crippen LogP contribution is -2.27. The van der Waals surface area contributed by atoms with Crippen LogP contribution in [0.15, 0.2) is 53.2 Å².